The molecular formula is C7H8ClNO. The van der Waals surface area contributed by atoms with Crippen molar-refractivity contribution in [2.24, 2.45) is 0 Å². The van der Waals surface area contributed by atoms with Gasteiger partial charge in [0.15, 0.2) is 0 Å². The van der Waals surface area contributed by atoms with Gasteiger partial charge in [-0.05, 0) is 18.6 Å². The summed E-state index contributed by atoms with van der Waals surface area (Å²) in [6, 6.07) is 3.59. The number of hydrogen-bond donors (Lipinski definition) is 1. The second-order valence-corrected chi connectivity index (χ2v) is 2.43. The molecule has 1 aromatic heterocycles. The predicted molar refractivity (Wildman–Crippen MR) is 39.9 cm³/mol. The van der Waals surface area contributed by atoms with Crippen molar-refractivity contribution in [2.45, 2.75) is 13.5 Å². The van der Waals surface area contributed by atoms with Crippen LogP contribution in [0.1, 0.15) is 11.3 Å². The van der Waals surface area contributed by atoms with Gasteiger partial charge in [0.2, 0.25) is 0 Å². The molecule has 1 rings (SSSR count). The average Bonchev–Trinajstić information content (AvgIpc) is 1.95. The summed E-state index contributed by atoms with van der Waals surface area (Å²) in [4.78, 5) is 3.91. The van der Waals surface area contributed by atoms with Gasteiger partial charge in [-0.25, -0.2) is 4.98 Å². The molecule has 10 heavy (non-hydrogen) atoms. The van der Waals surface area contributed by atoms with Crippen molar-refractivity contribution in [3.8, 4) is 0 Å². The van der Waals surface area contributed by atoms with E-state index in [1.807, 2.05) is 13.0 Å². The van der Waals surface area contributed by atoms with Crippen molar-refractivity contribution in [1.29, 1.82) is 0 Å². The molecule has 0 aromatic carbocycles. The molecule has 0 fully saturated rings. The first-order valence-corrected chi connectivity index (χ1v) is 3.34. The highest BCUT2D eigenvalue weighted by Crippen LogP contribution is 2.11. The number of rotatable bonds is 1. The van der Waals surface area contributed by atoms with Crippen LogP contribution in [0, 0.1) is 6.92 Å². The van der Waals surface area contributed by atoms with E-state index in [1.54, 1.807) is 6.07 Å². The maximum absolute atomic E-state index is 8.63. The number of aliphatic hydroxyl groups is 1. The highest BCUT2D eigenvalue weighted by atomic mass is 35.5. The van der Waals surface area contributed by atoms with Crippen LogP contribution in [0.5, 0.6) is 0 Å². The van der Waals surface area contributed by atoms with Crippen LogP contribution in [-0.2, 0) is 6.61 Å². The Morgan fingerprint density at radius 3 is 2.80 bits per heavy atom. The van der Waals surface area contributed by atoms with Crippen molar-refractivity contribution >= 4 is 11.6 Å². The lowest BCUT2D eigenvalue weighted by Gasteiger charge is -1.97. The van der Waals surface area contributed by atoms with Gasteiger partial charge < -0.3 is 5.11 Å². The second kappa shape index (κ2) is 2.99. The summed E-state index contributed by atoms with van der Waals surface area (Å²) in [5.41, 5.74) is 1.54. The molecule has 1 aromatic rings. The number of aliphatic hydroxyl groups excluding tert-OH is 1. The Balaban J connectivity index is 3.04. The van der Waals surface area contributed by atoms with Gasteiger partial charge in [-0.15, -0.1) is 0 Å². The van der Waals surface area contributed by atoms with Crippen LogP contribution in [-0.4, -0.2) is 10.1 Å². The molecule has 0 spiro atoms. The molecule has 0 aliphatic rings. The molecule has 54 valence electrons. The number of aromatic nitrogens is 1. The van der Waals surface area contributed by atoms with Gasteiger partial charge in [-0.3, -0.25) is 0 Å². The van der Waals surface area contributed by atoms with E-state index >= 15 is 0 Å². The van der Waals surface area contributed by atoms with Gasteiger partial charge in [0.25, 0.3) is 0 Å². The number of aryl methyl sites for hydroxylation is 1. The summed E-state index contributed by atoms with van der Waals surface area (Å²) in [7, 11) is 0. The quantitative estimate of drug-likeness (QED) is 0.628. The van der Waals surface area contributed by atoms with Crippen LogP contribution >= 0.6 is 11.6 Å². The summed E-state index contributed by atoms with van der Waals surface area (Å²) in [6.07, 6.45) is 0. The van der Waals surface area contributed by atoms with E-state index in [4.69, 9.17) is 16.7 Å². The van der Waals surface area contributed by atoms with Crippen LogP contribution in [0.15, 0.2) is 12.1 Å². The highest BCUT2D eigenvalue weighted by molar-refractivity contribution is 6.30. The Kier molecular flexibility index (Phi) is 2.25. The zero-order valence-electron chi connectivity index (χ0n) is 5.63. The van der Waals surface area contributed by atoms with E-state index < -0.39 is 0 Å². The molecule has 0 aliphatic carbocycles. The predicted octanol–water partition coefficient (Wildman–Crippen LogP) is 1.54. The third kappa shape index (κ3) is 1.46. The molecule has 3 heteroatoms. The summed E-state index contributed by atoms with van der Waals surface area (Å²) >= 11 is 5.67. The topological polar surface area (TPSA) is 33.1 Å². The lowest BCUT2D eigenvalue weighted by molar-refractivity contribution is 0.277. The normalized spacial score (nSPS) is 9.90. The van der Waals surface area contributed by atoms with Crippen LogP contribution in [0.2, 0.25) is 5.15 Å². The molecular weight excluding hydrogens is 150 g/mol. The number of nitrogens with zero attached hydrogens (tertiary/aromatic N) is 1. The molecule has 1 N–H and O–H groups in total. The Labute approximate surface area is 64.5 Å². The van der Waals surface area contributed by atoms with Crippen molar-refractivity contribution in [2.75, 3.05) is 0 Å². The lowest BCUT2D eigenvalue weighted by Crippen LogP contribution is -1.89. The molecule has 0 bridgehead atoms. The molecule has 0 atom stereocenters. The van der Waals surface area contributed by atoms with Gasteiger partial charge in [-0.2, -0.15) is 0 Å². The smallest absolute Gasteiger partial charge is 0.132 e. The fraction of sp³-hybridized carbons (Fsp3) is 0.286. The van der Waals surface area contributed by atoms with Crippen LogP contribution in [0.25, 0.3) is 0 Å². The van der Waals surface area contributed by atoms with Gasteiger partial charge in [-0.1, -0.05) is 17.7 Å². The molecule has 1 heterocycles. The van der Waals surface area contributed by atoms with E-state index in [0.29, 0.717) is 10.8 Å². The van der Waals surface area contributed by atoms with E-state index in [9.17, 15) is 0 Å². The first-order chi connectivity index (χ1) is 4.74. The molecule has 0 saturated carbocycles. The summed E-state index contributed by atoms with van der Waals surface area (Å²) in [6.45, 7) is 1.82. The maximum atomic E-state index is 8.63. The SMILES string of the molecule is Cc1ccc(CO)nc1Cl. The number of pyridine rings is 1. The standard InChI is InChI=1S/C7H8ClNO/c1-5-2-3-6(4-10)9-7(5)8/h2-3,10H,4H2,1H3. The van der Waals surface area contributed by atoms with Crippen LogP contribution in [0.3, 0.4) is 0 Å². The molecule has 0 aliphatic heterocycles. The zero-order chi connectivity index (χ0) is 7.56. The van der Waals surface area contributed by atoms with Crippen molar-refractivity contribution in [3.63, 3.8) is 0 Å². The molecule has 0 saturated heterocycles. The van der Waals surface area contributed by atoms with Crippen LogP contribution < -0.4 is 0 Å². The van der Waals surface area contributed by atoms with Gasteiger partial charge in [0, 0.05) is 0 Å². The monoisotopic (exact) mass is 157 g/mol. The average molecular weight is 158 g/mol. The minimum Gasteiger partial charge on any atom is -0.390 e. The number of hydrogen-bond acceptors (Lipinski definition) is 2. The Hall–Kier alpha value is -0.600. The summed E-state index contributed by atoms with van der Waals surface area (Å²) in [5.74, 6) is 0. The van der Waals surface area contributed by atoms with Gasteiger partial charge in [0.05, 0.1) is 12.3 Å². The van der Waals surface area contributed by atoms with E-state index in [2.05, 4.69) is 4.98 Å². The highest BCUT2D eigenvalue weighted by Gasteiger charge is 1.96. The largest absolute Gasteiger partial charge is 0.390 e. The van der Waals surface area contributed by atoms with Gasteiger partial charge >= 0.3 is 0 Å². The molecule has 2 nitrogen and oxygen atoms in total. The molecule has 0 amide bonds. The molecule has 0 radical (unpaired) electrons. The van der Waals surface area contributed by atoms with E-state index in [-0.39, 0.29) is 6.61 Å². The summed E-state index contributed by atoms with van der Waals surface area (Å²) < 4.78 is 0. The Morgan fingerprint density at radius 2 is 2.30 bits per heavy atom. The first-order valence-electron chi connectivity index (χ1n) is 2.97. The van der Waals surface area contributed by atoms with Crippen molar-refractivity contribution < 1.29 is 5.11 Å². The summed E-state index contributed by atoms with van der Waals surface area (Å²) in [5, 5.41) is 9.10. The van der Waals surface area contributed by atoms with E-state index in [1.165, 1.54) is 0 Å². The lowest BCUT2D eigenvalue weighted by atomic mass is 10.3. The second-order valence-electron chi connectivity index (χ2n) is 2.07. The third-order valence-electron chi connectivity index (χ3n) is 1.25. The number of halogens is 1. The van der Waals surface area contributed by atoms with Crippen molar-refractivity contribution in [3.05, 3.63) is 28.5 Å². The fourth-order valence-electron chi connectivity index (χ4n) is 0.630. The van der Waals surface area contributed by atoms with Gasteiger partial charge in [0.1, 0.15) is 5.15 Å². The Morgan fingerprint density at radius 1 is 1.60 bits per heavy atom. The maximum Gasteiger partial charge on any atom is 0.132 e. The fourth-order valence-corrected chi connectivity index (χ4v) is 0.801. The van der Waals surface area contributed by atoms with Crippen molar-refractivity contribution in [1.82, 2.24) is 4.98 Å². The minimum absolute atomic E-state index is 0.0556. The van der Waals surface area contributed by atoms with E-state index in [0.717, 1.165) is 5.56 Å². The third-order valence-corrected chi connectivity index (χ3v) is 1.64. The van der Waals surface area contributed by atoms with Crippen LogP contribution in [0.4, 0.5) is 0 Å². The first kappa shape index (κ1) is 7.51. The zero-order valence-corrected chi connectivity index (χ0v) is 6.39. The minimum atomic E-state index is -0.0556. The molecule has 0 unspecified atom stereocenters. The Bertz CT molecular complexity index is 237.